The first-order valence-corrected chi connectivity index (χ1v) is 7.11. The third kappa shape index (κ3) is 1.70. The highest BCUT2D eigenvalue weighted by Gasteiger charge is 2.17. The zero-order valence-corrected chi connectivity index (χ0v) is 11.5. The Hall–Kier alpha value is -2.28. The van der Waals surface area contributed by atoms with Gasteiger partial charge in [0.25, 0.3) is 0 Å². The average Bonchev–Trinajstić information content (AvgIpc) is 2.87. The summed E-state index contributed by atoms with van der Waals surface area (Å²) in [4.78, 5) is 0. The van der Waals surface area contributed by atoms with Gasteiger partial charge in [0.2, 0.25) is 0 Å². The lowest BCUT2D eigenvalue weighted by atomic mass is 9.97. The molecule has 0 atom stereocenters. The number of fused-ring (bicyclic) bond motifs is 3. The monoisotopic (exact) mass is 260 g/mol. The van der Waals surface area contributed by atoms with Crippen LogP contribution in [0.5, 0.6) is 0 Å². The second-order valence-corrected chi connectivity index (χ2v) is 5.43. The van der Waals surface area contributed by atoms with Gasteiger partial charge in [-0.15, -0.1) is 0 Å². The molecule has 4 rings (SSSR count). The molecule has 98 valence electrons. The molecule has 1 aliphatic rings. The van der Waals surface area contributed by atoms with Crippen LogP contribution in [0, 0.1) is 6.92 Å². The van der Waals surface area contributed by atoms with Gasteiger partial charge in [-0.25, -0.2) is 0 Å². The van der Waals surface area contributed by atoms with Gasteiger partial charge in [-0.2, -0.15) is 0 Å². The second-order valence-electron chi connectivity index (χ2n) is 5.43. The number of allylic oxidation sites excluding steroid dienone is 1. The summed E-state index contributed by atoms with van der Waals surface area (Å²) in [5.41, 5.74) is 6.06. The van der Waals surface area contributed by atoms with Crippen LogP contribution in [0.2, 0.25) is 0 Å². The van der Waals surface area contributed by atoms with Crippen LogP contribution >= 0.6 is 0 Å². The lowest BCUT2D eigenvalue weighted by Gasteiger charge is -2.04. The minimum Gasteiger partial charge on any atom is -0.456 e. The predicted molar refractivity (Wildman–Crippen MR) is 83.7 cm³/mol. The molecule has 0 spiro atoms. The predicted octanol–water partition coefficient (Wildman–Crippen LogP) is 5.37. The zero-order chi connectivity index (χ0) is 13.5. The Kier molecular flexibility index (Phi) is 2.53. The molecule has 1 heterocycles. The summed E-state index contributed by atoms with van der Waals surface area (Å²) in [7, 11) is 0. The third-order valence-electron chi connectivity index (χ3n) is 4.04. The van der Waals surface area contributed by atoms with Crippen LogP contribution < -0.4 is 0 Å². The van der Waals surface area contributed by atoms with Gasteiger partial charge in [0.05, 0.1) is 0 Å². The number of rotatable bonds is 1. The van der Waals surface area contributed by atoms with Gasteiger partial charge in [-0.05, 0) is 31.4 Å². The van der Waals surface area contributed by atoms with Gasteiger partial charge in [-0.3, -0.25) is 0 Å². The van der Waals surface area contributed by atoms with E-state index < -0.39 is 0 Å². The Bertz CT molecular complexity index is 804. The van der Waals surface area contributed by atoms with Crippen molar-refractivity contribution in [3.8, 4) is 11.1 Å². The molecular formula is C19H16O. The molecule has 3 aromatic rings. The molecule has 0 aliphatic heterocycles. The van der Waals surface area contributed by atoms with E-state index in [0.717, 1.165) is 24.2 Å². The summed E-state index contributed by atoms with van der Waals surface area (Å²) in [6, 6.07) is 15.1. The highest BCUT2D eigenvalue weighted by Crippen LogP contribution is 2.36. The molecule has 1 aromatic heterocycles. The first-order valence-electron chi connectivity index (χ1n) is 7.11. The van der Waals surface area contributed by atoms with E-state index in [2.05, 4.69) is 61.5 Å². The van der Waals surface area contributed by atoms with E-state index >= 15 is 0 Å². The lowest BCUT2D eigenvalue weighted by molar-refractivity contribution is 0.596. The molecule has 0 saturated carbocycles. The van der Waals surface area contributed by atoms with Crippen LogP contribution in [0.15, 0.2) is 53.0 Å². The minimum absolute atomic E-state index is 1.02. The maximum Gasteiger partial charge on any atom is 0.142 e. The summed E-state index contributed by atoms with van der Waals surface area (Å²) >= 11 is 0. The van der Waals surface area contributed by atoms with Crippen molar-refractivity contribution >= 4 is 17.0 Å². The van der Waals surface area contributed by atoms with Crippen molar-refractivity contribution in [2.45, 2.75) is 19.8 Å². The number of para-hydroxylation sites is 1. The molecule has 0 unspecified atom stereocenters. The Balaban J connectivity index is 1.98. The molecule has 0 saturated heterocycles. The number of aryl methyl sites for hydroxylation is 2. The fourth-order valence-corrected chi connectivity index (χ4v) is 2.96. The van der Waals surface area contributed by atoms with E-state index in [1.165, 1.54) is 27.6 Å². The fourth-order valence-electron chi connectivity index (χ4n) is 2.96. The highest BCUT2D eigenvalue weighted by atomic mass is 16.3. The van der Waals surface area contributed by atoms with Crippen LogP contribution in [0.25, 0.3) is 28.2 Å². The average molecular weight is 260 g/mol. The topological polar surface area (TPSA) is 13.1 Å². The third-order valence-corrected chi connectivity index (χ3v) is 4.04. The molecule has 0 bridgehead atoms. The molecule has 0 radical (unpaired) electrons. The maximum atomic E-state index is 6.12. The molecule has 1 heteroatoms. The zero-order valence-electron chi connectivity index (χ0n) is 11.5. The van der Waals surface area contributed by atoms with Crippen LogP contribution in [0.1, 0.15) is 23.3 Å². The van der Waals surface area contributed by atoms with Crippen LogP contribution in [-0.4, -0.2) is 0 Å². The standard InChI is InChI=1S/C19H16O/c1-13-9-11-14(12-10-13)15-6-4-7-17-16-5-2-3-8-18(16)20-19(15)17/h3-4,6-12H,2,5H2,1H3. The molecule has 0 fully saturated rings. The second kappa shape index (κ2) is 4.38. The molecule has 20 heavy (non-hydrogen) atoms. The Morgan fingerprint density at radius 1 is 1.00 bits per heavy atom. The van der Waals surface area contributed by atoms with Gasteiger partial charge in [0.1, 0.15) is 11.3 Å². The van der Waals surface area contributed by atoms with Gasteiger partial charge >= 0.3 is 0 Å². The number of hydrogen-bond acceptors (Lipinski definition) is 1. The molecule has 0 N–H and O–H groups in total. The smallest absolute Gasteiger partial charge is 0.142 e. The SMILES string of the molecule is Cc1ccc(-c2cccc3c4c(oc23)C=CCC4)cc1. The summed E-state index contributed by atoms with van der Waals surface area (Å²) in [6.45, 7) is 2.11. The fraction of sp³-hybridized carbons (Fsp3) is 0.158. The maximum absolute atomic E-state index is 6.12. The molecule has 1 aliphatic carbocycles. The van der Waals surface area contributed by atoms with E-state index in [-0.39, 0.29) is 0 Å². The molecule has 0 amide bonds. The Morgan fingerprint density at radius 2 is 1.85 bits per heavy atom. The Labute approximate surface area is 118 Å². The lowest BCUT2D eigenvalue weighted by Crippen LogP contribution is -1.88. The summed E-state index contributed by atoms with van der Waals surface area (Å²) in [5.74, 6) is 1.03. The quantitative estimate of drug-likeness (QED) is 0.573. The van der Waals surface area contributed by atoms with Gasteiger partial charge in [-0.1, -0.05) is 54.1 Å². The van der Waals surface area contributed by atoms with Crippen LogP contribution in [0.4, 0.5) is 0 Å². The van der Waals surface area contributed by atoms with Crippen LogP contribution in [0.3, 0.4) is 0 Å². The normalized spacial score (nSPS) is 13.7. The molecule has 1 nitrogen and oxygen atoms in total. The minimum atomic E-state index is 1.02. The van der Waals surface area contributed by atoms with Crippen molar-refractivity contribution in [2.75, 3.05) is 0 Å². The highest BCUT2D eigenvalue weighted by molar-refractivity contribution is 5.96. The largest absolute Gasteiger partial charge is 0.456 e. The summed E-state index contributed by atoms with van der Waals surface area (Å²) in [5, 5.41) is 1.27. The van der Waals surface area contributed by atoms with Crippen molar-refractivity contribution in [1.82, 2.24) is 0 Å². The van der Waals surface area contributed by atoms with E-state index in [1.54, 1.807) is 0 Å². The van der Waals surface area contributed by atoms with E-state index in [1.807, 2.05) is 0 Å². The van der Waals surface area contributed by atoms with Crippen molar-refractivity contribution in [1.29, 1.82) is 0 Å². The summed E-state index contributed by atoms with van der Waals surface area (Å²) in [6.07, 6.45) is 6.49. The van der Waals surface area contributed by atoms with Crippen molar-refractivity contribution < 1.29 is 4.42 Å². The number of hydrogen-bond donors (Lipinski definition) is 0. The van der Waals surface area contributed by atoms with E-state index in [9.17, 15) is 0 Å². The van der Waals surface area contributed by atoms with Crippen molar-refractivity contribution in [2.24, 2.45) is 0 Å². The van der Waals surface area contributed by atoms with Crippen LogP contribution in [-0.2, 0) is 6.42 Å². The Morgan fingerprint density at radius 3 is 2.70 bits per heavy atom. The first kappa shape index (κ1) is 11.5. The summed E-state index contributed by atoms with van der Waals surface area (Å²) < 4.78 is 6.12. The molecular weight excluding hydrogens is 244 g/mol. The first-order chi connectivity index (χ1) is 9.83. The number of benzene rings is 2. The van der Waals surface area contributed by atoms with Crippen molar-refractivity contribution in [3.63, 3.8) is 0 Å². The van der Waals surface area contributed by atoms with Gasteiger partial charge < -0.3 is 4.42 Å². The number of furan rings is 1. The van der Waals surface area contributed by atoms with E-state index in [4.69, 9.17) is 4.42 Å². The van der Waals surface area contributed by atoms with Gasteiger partial charge in [0.15, 0.2) is 0 Å². The van der Waals surface area contributed by atoms with E-state index in [0.29, 0.717) is 0 Å². The van der Waals surface area contributed by atoms with Gasteiger partial charge in [0, 0.05) is 16.5 Å². The molecule has 2 aromatic carbocycles. The van der Waals surface area contributed by atoms with Crippen molar-refractivity contribution in [3.05, 3.63) is 65.4 Å².